The molecule has 0 aliphatic carbocycles. The molecule has 2 aromatic rings. The van der Waals surface area contributed by atoms with Crippen LogP contribution in [0.1, 0.15) is 18.1 Å². The largest absolute Gasteiger partial charge is 0.267 e. The van der Waals surface area contributed by atoms with Crippen molar-refractivity contribution in [1.29, 1.82) is 0 Å². The van der Waals surface area contributed by atoms with Crippen molar-refractivity contribution in [3.63, 3.8) is 0 Å². The molecule has 0 aliphatic heterocycles. The number of nitrogens with zero attached hydrogens (tertiary/aromatic N) is 1. The lowest BCUT2D eigenvalue weighted by Gasteiger charge is -2.23. The first-order valence-corrected chi connectivity index (χ1v) is 8.95. The zero-order valence-electron chi connectivity index (χ0n) is 12.3. The number of halogens is 1. The number of aryl methyl sites for hydroxylation is 2. The molecule has 21 heavy (non-hydrogen) atoms. The van der Waals surface area contributed by atoms with Crippen LogP contribution in [0, 0.1) is 13.8 Å². The van der Waals surface area contributed by atoms with Crippen LogP contribution in [-0.4, -0.2) is 15.0 Å². The summed E-state index contributed by atoms with van der Waals surface area (Å²) in [5.74, 6) is 0. The third-order valence-electron chi connectivity index (χ3n) is 3.47. The van der Waals surface area contributed by atoms with Crippen LogP contribution < -0.4 is 4.31 Å². The first-order chi connectivity index (χ1) is 9.86. The van der Waals surface area contributed by atoms with Crippen LogP contribution in [0.15, 0.2) is 51.8 Å². The van der Waals surface area contributed by atoms with Gasteiger partial charge in [0.25, 0.3) is 10.0 Å². The summed E-state index contributed by atoms with van der Waals surface area (Å²) in [5.41, 5.74) is 2.93. The smallest absolute Gasteiger partial charge is 0.264 e. The first kappa shape index (κ1) is 16.0. The Morgan fingerprint density at radius 1 is 1.00 bits per heavy atom. The molecule has 0 amide bonds. The predicted octanol–water partition coefficient (Wildman–Crippen LogP) is 4.28. The molecule has 112 valence electrons. The lowest BCUT2D eigenvalue weighted by Crippen LogP contribution is -2.30. The van der Waals surface area contributed by atoms with Crippen LogP contribution >= 0.6 is 15.9 Å². The molecular weight excluding hydrogens is 350 g/mol. The lowest BCUT2D eigenvalue weighted by atomic mass is 10.1. The van der Waals surface area contributed by atoms with E-state index in [1.54, 1.807) is 24.3 Å². The van der Waals surface area contributed by atoms with Crippen molar-refractivity contribution in [2.75, 3.05) is 10.8 Å². The summed E-state index contributed by atoms with van der Waals surface area (Å²) in [7, 11) is -3.54. The van der Waals surface area contributed by atoms with Crippen molar-refractivity contribution in [3.05, 3.63) is 58.1 Å². The Morgan fingerprint density at radius 2 is 1.62 bits per heavy atom. The molecule has 5 heteroatoms. The van der Waals surface area contributed by atoms with Gasteiger partial charge in [0, 0.05) is 11.0 Å². The Labute approximate surface area is 134 Å². The Hall–Kier alpha value is -1.33. The van der Waals surface area contributed by atoms with Crippen molar-refractivity contribution in [1.82, 2.24) is 0 Å². The Morgan fingerprint density at radius 3 is 2.14 bits per heavy atom. The van der Waals surface area contributed by atoms with E-state index in [1.807, 2.05) is 39.0 Å². The summed E-state index contributed by atoms with van der Waals surface area (Å²) >= 11 is 3.32. The van der Waals surface area contributed by atoms with Gasteiger partial charge in [0.15, 0.2) is 0 Å². The normalized spacial score (nSPS) is 11.4. The number of hydrogen-bond acceptors (Lipinski definition) is 2. The summed E-state index contributed by atoms with van der Waals surface area (Å²) in [6.07, 6.45) is 0. The predicted molar refractivity (Wildman–Crippen MR) is 90.3 cm³/mol. The highest BCUT2D eigenvalue weighted by molar-refractivity contribution is 9.10. The molecule has 0 atom stereocenters. The number of anilines is 1. The maximum atomic E-state index is 12.8. The first-order valence-electron chi connectivity index (χ1n) is 6.72. The molecule has 0 radical (unpaired) electrons. The molecule has 0 fully saturated rings. The summed E-state index contributed by atoms with van der Waals surface area (Å²) in [6, 6.07) is 12.4. The lowest BCUT2D eigenvalue weighted by molar-refractivity contribution is 0.592. The molecule has 0 saturated heterocycles. The van der Waals surface area contributed by atoms with Gasteiger partial charge in [-0.2, -0.15) is 0 Å². The fourth-order valence-corrected chi connectivity index (χ4v) is 3.84. The molecule has 2 aromatic carbocycles. The summed E-state index contributed by atoms with van der Waals surface area (Å²) in [4.78, 5) is 0.297. The molecule has 0 aliphatic rings. The molecule has 0 bridgehead atoms. The standard InChI is InChI=1S/C16H18BrNO2S/c1-4-18(15-8-5-12(2)13(3)11-15)21(19,20)16-9-6-14(17)7-10-16/h5-11H,4H2,1-3H3. The Balaban J connectivity index is 2.48. The molecule has 0 heterocycles. The Kier molecular flexibility index (Phi) is 4.74. The zero-order valence-corrected chi connectivity index (χ0v) is 14.7. The van der Waals surface area contributed by atoms with Gasteiger partial charge < -0.3 is 0 Å². The van der Waals surface area contributed by atoms with Crippen LogP contribution in [0.25, 0.3) is 0 Å². The maximum Gasteiger partial charge on any atom is 0.264 e. The average molecular weight is 368 g/mol. The summed E-state index contributed by atoms with van der Waals surface area (Å²) in [5, 5.41) is 0. The average Bonchev–Trinajstić information content (AvgIpc) is 2.44. The topological polar surface area (TPSA) is 37.4 Å². The van der Waals surface area contributed by atoms with Gasteiger partial charge in [0.2, 0.25) is 0 Å². The maximum absolute atomic E-state index is 12.8. The fraction of sp³-hybridized carbons (Fsp3) is 0.250. The van der Waals surface area contributed by atoms with E-state index < -0.39 is 10.0 Å². The van der Waals surface area contributed by atoms with Crippen molar-refractivity contribution < 1.29 is 8.42 Å². The summed E-state index contributed by atoms with van der Waals surface area (Å²) in [6.45, 7) is 6.23. The molecule has 3 nitrogen and oxygen atoms in total. The van der Waals surface area contributed by atoms with Crippen LogP contribution in [0.2, 0.25) is 0 Å². The number of sulfonamides is 1. The van der Waals surface area contributed by atoms with Crippen molar-refractivity contribution in [2.45, 2.75) is 25.7 Å². The second-order valence-corrected chi connectivity index (χ2v) is 7.67. The molecular formula is C16H18BrNO2S. The van der Waals surface area contributed by atoms with E-state index >= 15 is 0 Å². The van der Waals surface area contributed by atoms with E-state index in [1.165, 1.54) is 4.31 Å². The SMILES string of the molecule is CCN(c1ccc(C)c(C)c1)S(=O)(=O)c1ccc(Br)cc1. The fourth-order valence-electron chi connectivity index (χ4n) is 2.11. The number of rotatable bonds is 4. The highest BCUT2D eigenvalue weighted by Gasteiger charge is 2.23. The van der Waals surface area contributed by atoms with Gasteiger partial charge in [-0.25, -0.2) is 8.42 Å². The van der Waals surface area contributed by atoms with Crippen molar-refractivity contribution in [3.8, 4) is 0 Å². The van der Waals surface area contributed by atoms with Crippen LogP contribution in [0.3, 0.4) is 0 Å². The molecule has 2 rings (SSSR count). The van der Waals surface area contributed by atoms with E-state index in [0.717, 1.165) is 15.6 Å². The third-order valence-corrected chi connectivity index (χ3v) is 5.91. The van der Waals surface area contributed by atoms with Crippen LogP contribution in [-0.2, 0) is 10.0 Å². The minimum atomic E-state index is -3.54. The van der Waals surface area contributed by atoms with Crippen LogP contribution in [0.5, 0.6) is 0 Å². The number of hydrogen-bond donors (Lipinski definition) is 0. The second kappa shape index (κ2) is 6.20. The molecule has 0 aromatic heterocycles. The molecule has 0 saturated carbocycles. The zero-order chi connectivity index (χ0) is 15.6. The highest BCUT2D eigenvalue weighted by Crippen LogP contribution is 2.26. The van der Waals surface area contributed by atoms with Gasteiger partial charge in [0.05, 0.1) is 10.6 Å². The van der Waals surface area contributed by atoms with E-state index in [4.69, 9.17) is 0 Å². The highest BCUT2D eigenvalue weighted by atomic mass is 79.9. The number of benzene rings is 2. The van der Waals surface area contributed by atoms with Crippen molar-refractivity contribution >= 4 is 31.6 Å². The van der Waals surface area contributed by atoms with Gasteiger partial charge in [-0.15, -0.1) is 0 Å². The summed E-state index contributed by atoms with van der Waals surface area (Å²) < 4.78 is 27.9. The second-order valence-electron chi connectivity index (χ2n) is 4.89. The molecule has 0 spiro atoms. The van der Waals surface area contributed by atoms with Gasteiger partial charge in [-0.1, -0.05) is 22.0 Å². The van der Waals surface area contributed by atoms with Gasteiger partial charge >= 0.3 is 0 Å². The van der Waals surface area contributed by atoms with Gasteiger partial charge in [-0.05, 0) is 68.3 Å². The quantitative estimate of drug-likeness (QED) is 0.808. The van der Waals surface area contributed by atoms with E-state index in [9.17, 15) is 8.42 Å². The molecule has 0 unspecified atom stereocenters. The minimum Gasteiger partial charge on any atom is -0.267 e. The van der Waals surface area contributed by atoms with Gasteiger partial charge in [0.1, 0.15) is 0 Å². The minimum absolute atomic E-state index is 0.297. The van der Waals surface area contributed by atoms with E-state index in [2.05, 4.69) is 15.9 Å². The van der Waals surface area contributed by atoms with E-state index in [0.29, 0.717) is 17.1 Å². The third kappa shape index (κ3) is 3.30. The Bertz CT molecular complexity index is 739. The van der Waals surface area contributed by atoms with Crippen molar-refractivity contribution in [2.24, 2.45) is 0 Å². The van der Waals surface area contributed by atoms with Gasteiger partial charge in [-0.3, -0.25) is 4.31 Å². The monoisotopic (exact) mass is 367 g/mol. The van der Waals surface area contributed by atoms with Crippen LogP contribution in [0.4, 0.5) is 5.69 Å². The molecule has 0 N–H and O–H groups in total. The van der Waals surface area contributed by atoms with E-state index in [-0.39, 0.29) is 0 Å².